The Bertz CT molecular complexity index is 442. The molecular formula is C8H9F3N4O2. The van der Waals surface area contributed by atoms with Crippen molar-refractivity contribution >= 4 is 5.97 Å². The number of alkyl halides is 3. The second kappa shape index (κ2) is 3.99. The maximum absolute atomic E-state index is 12.5. The van der Waals surface area contributed by atoms with Crippen LogP contribution in [0, 0.1) is 0 Å². The van der Waals surface area contributed by atoms with Crippen molar-refractivity contribution in [2.24, 2.45) is 0 Å². The van der Waals surface area contributed by atoms with E-state index in [1.54, 1.807) is 0 Å². The first kappa shape index (κ1) is 11.8. The number of fused-ring (bicyclic) bond motifs is 1. The summed E-state index contributed by atoms with van der Waals surface area (Å²) < 4.78 is 38.4. The molecule has 94 valence electrons. The zero-order valence-electron chi connectivity index (χ0n) is 8.61. The van der Waals surface area contributed by atoms with E-state index in [2.05, 4.69) is 10.2 Å². The number of hydrogen-bond acceptors (Lipinski definition) is 4. The van der Waals surface area contributed by atoms with Gasteiger partial charge in [-0.25, -0.2) is 0 Å². The van der Waals surface area contributed by atoms with Gasteiger partial charge in [-0.05, 0) is 0 Å². The minimum Gasteiger partial charge on any atom is -0.480 e. The van der Waals surface area contributed by atoms with Gasteiger partial charge in [0.25, 0.3) is 0 Å². The molecule has 2 heterocycles. The first-order valence-electron chi connectivity index (χ1n) is 4.81. The smallest absolute Gasteiger partial charge is 0.451 e. The summed E-state index contributed by atoms with van der Waals surface area (Å²) in [5.41, 5.74) is 0. The minimum absolute atomic E-state index is 0.0461. The fourth-order valence-electron chi connectivity index (χ4n) is 1.74. The molecule has 1 aromatic rings. The van der Waals surface area contributed by atoms with E-state index in [0.717, 1.165) is 4.57 Å². The summed E-state index contributed by atoms with van der Waals surface area (Å²) in [6.07, 6.45) is -4.53. The van der Waals surface area contributed by atoms with Gasteiger partial charge >= 0.3 is 12.1 Å². The molecule has 1 N–H and O–H groups in total. The number of hydrogen-bond donors (Lipinski definition) is 1. The molecule has 1 aromatic heterocycles. The van der Waals surface area contributed by atoms with Gasteiger partial charge in [-0.15, -0.1) is 10.2 Å². The Hall–Kier alpha value is -1.64. The highest BCUT2D eigenvalue weighted by molar-refractivity contribution is 5.69. The highest BCUT2D eigenvalue weighted by Gasteiger charge is 2.39. The molecule has 9 heteroatoms. The van der Waals surface area contributed by atoms with Gasteiger partial charge in [0.2, 0.25) is 5.82 Å². The van der Waals surface area contributed by atoms with Crippen molar-refractivity contribution in [2.75, 3.05) is 13.1 Å². The summed E-state index contributed by atoms with van der Waals surface area (Å²) in [4.78, 5) is 12.0. The molecule has 0 bridgehead atoms. The van der Waals surface area contributed by atoms with E-state index in [4.69, 9.17) is 5.11 Å². The Morgan fingerprint density at radius 3 is 2.65 bits per heavy atom. The molecule has 2 rings (SSSR count). The zero-order valence-corrected chi connectivity index (χ0v) is 8.61. The maximum Gasteiger partial charge on any atom is 0.451 e. The van der Waals surface area contributed by atoms with Gasteiger partial charge in [0.1, 0.15) is 5.82 Å². The van der Waals surface area contributed by atoms with Crippen LogP contribution in [0.5, 0.6) is 0 Å². The largest absolute Gasteiger partial charge is 0.480 e. The van der Waals surface area contributed by atoms with E-state index in [1.807, 2.05) is 0 Å². The standard InChI is InChI=1S/C8H9F3N4O2/c9-8(10,11)7-13-12-5-3-14(4-6(16)17)1-2-15(5)7/h1-4H2,(H,16,17). The molecule has 1 aliphatic heterocycles. The second-order valence-corrected chi connectivity index (χ2v) is 3.69. The summed E-state index contributed by atoms with van der Waals surface area (Å²) in [5, 5.41) is 15.1. The molecule has 0 unspecified atom stereocenters. The van der Waals surface area contributed by atoms with Crippen LogP contribution in [0.1, 0.15) is 11.6 Å². The Balaban J connectivity index is 2.19. The average Bonchev–Trinajstić information content (AvgIpc) is 2.58. The minimum atomic E-state index is -4.53. The van der Waals surface area contributed by atoms with Crippen molar-refractivity contribution < 1.29 is 23.1 Å². The lowest BCUT2D eigenvalue weighted by molar-refractivity contribution is -0.148. The predicted molar refractivity (Wildman–Crippen MR) is 47.9 cm³/mol. The van der Waals surface area contributed by atoms with Crippen molar-refractivity contribution in [1.82, 2.24) is 19.7 Å². The van der Waals surface area contributed by atoms with Crippen molar-refractivity contribution in [1.29, 1.82) is 0 Å². The van der Waals surface area contributed by atoms with Gasteiger partial charge in [0.15, 0.2) is 0 Å². The number of rotatable bonds is 2. The van der Waals surface area contributed by atoms with Gasteiger partial charge in [0.05, 0.1) is 13.1 Å². The number of aromatic nitrogens is 3. The first-order valence-corrected chi connectivity index (χ1v) is 4.81. The Morgan fingerprint density at radius 1 is 1.35 bits per heavy atom. The van der Waals surface area contributed by atoms with E-state index >= 15 is 0 Å². The third kappa shape index (κ3) is 2.38. The second-order valence-electron chi connectivity index (χ2n) is 3.69. The molecule has 6 nitrogen and oxygen atoms in total. The van der Waals surface area contributed by atoms with Crippen LogP contribution in [0.25, 0.3) is 0 Å². The average molecular weight is 250 g/mol. The Kier molecular flexibility index (Phi) is 2.77. The van der Waals surface area contributed by atoms with E-state index in [-0.39, 0.29) is 32.0 Å². The van der Waals surface area contributed by atoms with Crippen molar-refractivity contribution in [3.63, 3.8) is 0 Å². The zero-order chi connectivity index (χ0) is 12.6. The molecule has 0 aromatic carbocycles. The molecule has 0 amide bonds. The normalized spacial score (nSPS) is 16.9. The van der Waals surface area contributed by atoms with Gasteiger partial charge in [0, 0.05) is 13.1 Å². The molecule has 0 aliphatic carbocycles. The van der Waals surface area contributed by atoms with Crippen LogP contribution in [0.3, 0.4) is 0 Å². The van der Waals surface area contributed by atoms with Crippen LogP contribution < -0.4 is 0 Å². The van der Waals surface area contributed by atoms with Crippen LogP contribution in [0.4, 0.5) is 13.2 Å². The van der Waals surface area contributed by atoms with Gasteiger partial charge in [-0.1, -0.05) is 0 Å². The van der Waals surface area contributed by atoms with E-state index in [0.29, 0.717) is 0 Å². The van der Waals surface area contributed by atoms with Crippen LogP contribution >= 0.6 is 0 Å². The lowest BCUT2D eigenvalue weighted by atomic mass is 10.3. The lowest BCUT2D eigenvalue weighted by Crippen LogP contribution is -2.38. The van der Waals surface area contributed by atoms with E-state index in [9.17, 15) is 18.0 Å². The third-order valence-corrected chi connectivity index (χ3v) is 2.44. The Morgan fingerprint density at radius 2 is 2.06 bits per heavy atom. The molecule has 0 atom stereocenters. The topological polar surface area (TPSA) is 71.2 Å². The molecular weight excluding hydrogens is 241 g/mol. The highest BCUT2D eigenvalue weighted by atomic mass is 19.4. The highest BCUT2D eigenvalue weighted by Crippen LogP contribution is 2.29. The summed E-state index contributed by atoms with van der Waals surface area (Å²) in [7, 11) is 0. The van der Waals surface area contributed by atoms with Crippen LogP contribution in [-0.4, -0.2) is 43.8 Å². The first-order chi connectivity index (χ1) is 7.88. The van der Waals surface area contributed by atoms with Crippen LogP contribution in [0.15, 0.2) is 0 Å². The van der Waals surface area contributed by atoms with Crippen molar-refractivity contribution in [3.8, 4) is 0 Å². The third-order valence-electron chi connectivity index (χ3n) is 2.44. The molecule has 0 saturated heterocycles. The maximum atomic E-state index is 12.5. The molecule has 0 radical (unpaired) electrons. The summed E-state index contributed by atoms with van der Waals surface area (Å²) in [6.45, 7) is 0.133. The number of carbonyl (C=O) groups is 1. The SMILES string of the molecule is O=C(O)CN1CCn2c(nnc2C(F)(F)F)C1. The molecule has 17 heavy (non-hydrogen) atoms. The quantitative estimate of drug-likeness (QED) is 0.811. The van der Waals surface area contributed by atoms with E-state index in [1.165, 1.54) is 4.90 Å². The predicted octanol–water partition coefficient (Wildman–Crippen LogP) is 0.197. The Labute approximate surface area is 93.7 Å². The number of carboxylic acid groups (broad SMARTS) is 1. The van der Waals surface area contributed by atoms with Crippen molar-refractivity contribution in [3.05, 3.63) is 11.6 Å². The number of nitrogens with zero attached hydrogens (tertiary/aromatic N) is 4. The van der Waals surface area contributed by atoms with E-state index < -0.39 is 18.0 Å². The number of halogens is 3. The molecule has 0 spiro atoms. The van der Waals surface area contributed by atoms with Gasteiger partial charge in [-0.2, -0.15) is 13.2 Å². The monoisotopic (exact) mass is 250 g/mol. The van der Waals surface area contributed by atoms with Gasteiger partial charge in [-0.3, -0.25) is 9.69 Å². The number of carboxylic acids is 1. The molecule has 0 saturated carbocycles. The van der Waals surface area contributed by atoms with Crippen LogP contribution in [0.2, 0.25) is 0 Å². The molecule has 1 aliphatic rings. The fourth-order valence-corrected chi connectivity index (χ4v) is 1.74. The lowest BCUT2D eigenvalue weighted by Gasteiger charge is -2.26. The fraction of sp³-hybridized carbons (Fsp3) is 0.625. The number of aliphatic carboxylic acids is 1. The van der Waals surface area contributed by atoms with Gasteiger partial charge < -0.3 is 9.67 Å². The summed E-state index contributed by atoms with van der Waals surface area (Å²) >= 11 is 0. The van der Waals surface area contributed by atoms with Crippen LogP contribution in [-0.2, 0) is 24.1 Å². The summed E-state index contributed by atoms with van der Waals surface area (Å²) in [6, 6.07) is 0. The summed E-state index contributed by atoms with van der Waals surface area (Å²) in [5.74, 6) is -1.90. The molecule has 0 fully saturated rings. The van der Waals surface area contributed by atoms with Crippen molar-refractivity contribution in [2.45, 2.75) is 19.3 Å².